The molecule has 0 aromatic heterocycles. The zero-order chi connectivity index (χ0) is 10.1. The minimum Gasteiger partial charge on any atom is -0.358 e. The first-order valence-electron chi connectivity index (χ1n) is 5.20. The third-order valence-corrected chi connectivity index (χ3v) is 2.59. The number of rotatable bonds is 7. The van der Waals surface area contributed by atoms with Gasteiger partial charge in [0.2, 0.25) is 0 Å². The maximum atomic E-state index is 5.05. The van der Waals surface area contributed by atoms with E-state index in [1.165, 1.54) is 25.7 Å². The maximum Gasteiger partial charge on any atom is 0.133 e. The van der Waals surface area contributed by atoms with Crippen LogP contribution in [0, 0.1) is 0 Å². The van der Waals surface area contributed by atoms with E-state index in [-0.39, 0.29) is 17.1 Å². The van der Waals surface area contributed by atoms with Crippen molar-refractivity contribution in [3.05, 3.63) is 0 Å². The summed E-state index contributed by atoms with van der Waals surface area (Å²) in [4.78, 5) is 2.19. The summed E-state index contributed by atoms with van der Waals surface area (Å²) in [7, 11) is 0. The second-order valence-corrected chi connectivity index (χ2v) is 4.44. The molecule has 14 heavy (non-hydrogen) atoms. The van der Waals surface area contributed by atoms with Crippen LogP contribution in [0.25, 0.3) is 0 Å². The molecule has 0 fully saturated rings. The third-order valence-electron chi connectivity index (χ3n) is 2.05. The summed E-state index contributed by atoms with van der Waals surface area (Å²) in [6, 6.07) is 0. The molecule has 1 nitrogen and oxygen atoms in total. The van der Waals surface area contributed by atoms with Gasteiger partial charge >= 0.3 is 0 Å². The van der Waals surface area contributed by atoms with E-state index < -0.39 is 0 Å². The van der Waals surface area contributed by atoms with E-state index in [1.807, 2.05) is 0 Å². The van der Waals surface area contributed by atoms with E-state index in [0.717, 1.165) is 23.8 Å². The van der Waals surface area contributed by atoms with Crippen LogP contribution in [0.1, 0.15) is 46.0 Å². The molecule has 0 atom stereocenters. The van der Waals surface area contributed by atoms with Gasteiger partial charge in [-0.15, -0.1) is 12.6 Å². The van der Waals surface area contributed by atoms with Crippen molar-refractivity contribution in [2.45, 2.75) is 46.0 Å². The molecule has 0 aliphatic rings. The SMILES string of the molecule is CCCCCCN(CCC)C(=S)S.[Cu]. The Morgan fingerprint density at radius 1 is 1.07 bits per heavy atom. The van der Waals surface area contributed by atoms with E-state index in [9.17, 15) is 0 Å². The second kappa shape index (κ2) is 11.8. The molecule has 0 saturated heterocycles. The largest absolute Gasteiger partial charge is 0.358 e. The molecule has 0 saturated carbocycles. The van der Waals surface area contributed by atoms with Gasteiger partial charge in [-0.1, -0.05) is 45.3 Å². The fourth-order valence-corrected chi connectivity index (χ4v) is 1.69. The van der Waals surface area contributed by atoms with Gasteiger partial charge in [0.15, 0.2) is 0 Å². The summed E-state index contributed by atoms with van der Waals surface area (Å²) in [6.07, 6.45) is 6.33. The molecule has 0 aromatic carbocycles. The van der Waals surface area contributed by atoms with E-state index >= 15 is 0 Å². The molecule has 4 heteroatoms. The van der Waals surface area contributed by atoms with Gasteiger partial charge < -0.3 is 4.90 Å². The van der Waals surface area contributed by atoms with Crippen LogP contribution in [0.15, 0.2) is 0 Å². The molecular formula is C10H21CuNS2. The van der Waals surface area contributed by atoms with Gasteiger partial charge in [0.25, 0.3) is 0 Å². The van der Waals surface area contributed by atoms with Crippen LogP contribution < -0.4 is 0 Å². The summed E-state index contributed by atoms with van der Waals surface area (Å²) >= 11 is 9.26. The van der Waals surface area contributed by atoms with Crippen LogP contribution in [-0.2, 0) is 17.1 Å². The Morgan fingerprint density at radius 3 is 2.14 bits per heavy atom. The molecule has 0 unspecified atom stereocenters. The van der Waals surface area contributed by atoms with Crippen LogP contribution in [0.4, 0.5) is 0 Å². The number of nitrogens with zero attached hydrogens (tertiary/aromatic N) is 1. The molecule has 0 spiro atoms. The normalized spacial score (nSPS) is 9.36. The van der Waals surface area contributed by atoms with E-state index in [0.29, 0.717) is 0 Å². The molecule has 0 bridgehead atoms. The van der Waals surface area contributed by atoms with Gasteiger partial charge in [0, 0.05) is 30.2 Å². The van der Waals surface area contributed by atoms with E-state index in [1.54, 1.807) is 0 Å². The van der Waals surface area contributed by atoms with Crippen LogP contribution in [0.2, 0.25) is 0 Å². The van der Waals surface area contributed by atoms with Gasteiger partial charge in [0.05, 0.1) is 0 Å². The Morgan fingerprint density at radius 2 is 1.71 bits per heavy atom. The Hall–Kier alpha value is 0.759. The molecule has 1 radical (unpaired) electrons. The first-order valence-corrected chi connectivity index (χ1v) is 6.05. The van der Waals surface area contributed by atoms with Crippen molar-refractivity contribution >= 4 is 29.2 Å². The van der Waals surface area contributed by atoms with Gasteiger partial charge in [-0.25, -0.2) is 0 Å². The fourth-order valence-electron chi connectivity index (χ4n) is 1.30. The van der Waals surface area contributed by atoms with Gasteiger partial charge in [-0.05, 0) is 12.8 Å². The second-order valence-electron chi connectivity index (χ2n) is 3.33. The Labute approximate surface area is 110 Å². The van der Waals surface area contributed by atoms with Crippen molar-refractivity contribution in [2.24, 2.45) is 0 Å². The Bertz CT molecular complexity index is 142. The molecule has 0 N–H and O–H groups in total. The zero-order valence-corrected chi connectivity index (χ0v) is 11.7. The molecular weight excluding hydrogens is 262 g/mol. The molecule has 0 aromatic rings. The number of thiol groups is 1. The number of unbranched alkanes of at least 4 members (excludes halogenated alkanes) is 3. The van der Waals surface area contributed by atoms with Crippen molar-refractivity contribution in [3.8, 4) is 0 Å². The quantitative estimate of drug-likeness (QED) is 0.330. The summed E-state index contributed by atoms with van der Waals surface area (Å²) < 4.78 is 0.748. The van der Waals surface area contributed by atoms with Crippen molar-refractivity contribution < 1.29 is 17.1 Å². The smallest absolute Gasteiger partial charge is 0.133 e. The van der Waals surface area contributed by atoms with Crippen LogP contribution in [0.3, 0.4) is 0 Å². The van der Waals surface area contributed by atoms with Crippen molar-refractivity contribution in [1.29, 1.82) is 0 Å². The Kier molecular flexibility index (Phi) is 14.5. The molecule has 0 aliphatic heterocycles. The molecule has 0 heterocycles. The number of thiocarbonyl (C=S) groups is 1. The predicted molar refractivity (Wildman–Crippen MR) is 67.6 cm³/mol. The predicted octanol–water partition coefficient (Wildman–Crippen LogP) is 3.49. The summed E-state index contributed by atoms with van der Waals surface area (Å²) in [5.41, 5.74) is 0. The standard InChI is InChI=1S/C10H21NS2.Cu/c1-3-5-6-7-9-11(8-4-2)10(12)13;/h3-9H2,1-2H3,(H,12,13);. The molecule has 0 amide bonds. The minimum atomic E-state index is 0. The molecule has 89 valence electrons. The number of hydrogen-bond donors (Lipinski definition) is 1. The molecule has 0 rings (SSSR count). The van der Waals surface area contributed by atoms with Gasteiger partial charge in [-0.2, -0.15) is 0 Å². The third kappa shape index (κ3) is 9.32. The van der Waals surface area contributed by atoms with Crippen molar-refractivity contribution in [2.75, 3.05) is 13.1 Å². The van der Waals surface area contributed by atoms with Crippen LogP contribution in [-0.4, -0.2) is 22.3 Å². The minimum absolute atomic E-state index is 0. The average Bonchev–Trinajstić information content (AvgIpc) is 2.10. The summed E-state index contributed by atoms with van der Waals surface area (Å²) in [5, 5.41) is 0. The topological polar surface area (TPSA) is 3.24 Å². The number of hydrogen-bond acceptors (Lipinski definition) is 1. The van der Waals surface area contributed by atoms with Crippen LogP contribution in [0.5, 0.6) is 0 Å². The van der Waals surface area contributed by atoms with Gasteiger partial charge in [0.1, 0.15) is 4.32 Å². The summed E-state index contributed by atoms with van der Waals surface area (Å²) in [6.45, 7) is 6.53. The van der Waals surface area contributed by atoms with E-state index in [2.05, 4.69) is 31.4 Å². The first kappa shape index (κ1) is 17.2. The molecule has 0 aliphatic carbocycles. The maximum absolute atomic E-state index is 5.05. The van der Waals surface area contributed by atoms with Crippen molar-refractivity contribution in [3.63, 3.8) is 0 Å². The van der Waals surface area contributed by atoms with E-state index in [4.69, 9.17) is 12.2 Å². The first-order chi connectivity index (χ1) is 6.22. The zero-order valence-electron chi connectivity index (χ0n) is 9.05. The van der Waals surface area contributed by atoms with Crippen LogP contribution >= 0.6 is 24.8 Å². The van der Waals surface area contributed by atoms with Crippen molar-refractivity contribution in [1.82, 2.24) is 4.90 Å². The Balaban J connectivity index is 0. The monoisotopic (exact) mass is 282 g/mol. The average molecular weight is 283 g/mol. The fraction of sp³-hybridized carbons (Fsp3) is 0.900. The summed E-state index contributed by atoms with van der Waals surface area (Å²) in [5.74, 6) is 0. The van der Waals surface area contributed by atoms with Gasteiger partial charge in [-0.3, -0.25) is 0 Å².